The van der Waals surface area contributed by atoms with E-state index in [1.807, 2.05) is 0 Å². The molecule has 2 heterocycles. The SMILES string of the molecule is O=Cc1cc([N+](=O)[O-])c(SC2=NCCS2)cc1SC1=NCCS1. The molecule has 2 aliphatic heterocycles. The van der Waals surface area contributed by atoms with E-state index in [9.17, 15) is 14.9 Å². The summed E-state index contributed by atoms with van der Waals surface area (Å²) in [6.07, 6.45) is 0.659. The van der Waals surface area contributed by atoms with Crippen LogP contribution in [0, 0.1) is 10.1 Å². The van der Waals surface area contributed by atoms with Gasteiger partial charge in [0.15, 0.2) is 6.29 Å². The van der Waals surface area contributed by atoms with Crippen molar-refractivity contribution in [3.8, 4) is 0 Å². The number of thioether (sulfide) groups is 4. The average molecular weight is 386 g/mol. The van der Waals surface area contributed by atoms with Crippen LogP contribution in [0.4, 0.5) is 5.69 Å². The number of benzene rings is 1. The number of carbonyl (C=O) groups is 1. The van der Waals surface area contributed by atoms with Gasteiger partial charge in [-0.15, -0.1) is 0 Å². The fourth-order valence-corrected chi connectivity index (χ4v) is 6.08. The molecule has 0 bridgehead atoms. The number of nitro groups is 1. The van der Waals surface area contributed by atoms with Crippen molar-refractivity contribution >= 4 is 67.8 Å². The summed E-state index contributed by atoms with van der Waals surface area (Å²) in [6, 6.07) is 3.05. The summed E-state index contributed by atoms with van der Waals surface area (Å²) in [6.45, 7) is 1.51. The van der Waals surface area contributed by atoms with Gasteiger partial charge < -0.3 is 0 Å². The van der Waals surface area contributed by atoms with Crippen LogP contribution in [0.25, 0.3) is 0 Å². The first kappa shape index (κ1) is 16.9. The second-order valence-electron chi connectivity index (χ2n) is 4.43. The van der Waals surface area contributed by atoms with Crippen LogP contribution in [-0.4, -0.2) is 44.6 Å². The topological polar surface area (TPSA) is 84.9 Å². The van der Waals surface area contributed by atoms with Crippen LogP contribution >= 0.6 is 47.0 Å². The predicted octanol–water partition coefficient (Wildman–Crippen LogP) is 3.80. The van der Waals surface area contributed by atoms with Crippen LogP contribution in [0.5, 0.6) is 0 Å². The molecule has 6 nitrogen and oxygen atoms in total. The number of carbonyl (C=O) groups excluding carboxylic acids is 1. The molecule has 0 spiro atoms. The van der Waals surface area contributed by atoms with Crippen molar-refractivity contribution in [3.63, 3.8) is 0 Å². The van der Waals surface area contributed by atoms with Gasteiger partial charge in [-0.25, -0.2) is 0 Å². The van der Waals surface area contributed by atoms with E-state index >= 15 is 0 Å². The molecule has 10 heteroatoms. The molecule has 0 aliphatic carbocycles. The van der Waals surface area contributed by atoms with Crippen molar-refractivity contribution in [2.24, 2.45) is 9.98 Å². The third-order valence-electron chi connectivity index (χ3n) is 2.93. The molecular weight excluding hydrogens is 374 g/mol. The van der Waals surface area contributed by atoms with Crippen molar-refractivity contribution in [2.45, 2.75) is 9.79 Å². The van der Waals surface area contributed by atoms with Crippen molar-refractivity contribution in [1.82, 2.24) is 0 Å². The maximum atomic E-state index is 11.3. The van der Waals surface area contributed by atoms with Gasteiger partial charge >= 0.3 is 0 Å². The molecule has 1 aromatic carbocycles. The van der Waals surface area contributed by atoms with E-state index in [1.165, 1.54) is 29.6 Å². The summed E-state index contributed by atoms with van der Waals surface area (Å²) in [7, 11) is 0. The van der Waals surface area contributed by atoms with Crippen molar-refractivity contribution in [2.75, 3.05) is 24.6 Å². The molecule has 0 amide bonds. The molecule has 120 valence electrons. The highest BCUT2D eigenvalue weighted by molar-refractivity contribution is 8.39. The molecule has 0 atom stereocenters. The van der Waals surface area contributed by atoms with Gasteiger partial charge in [-0.05, 0) is 6.07 Å². The van der Waals surface area contributed by atoms with Crippen LogP contribution < -0.4 is 0 Å². The number of nitro benzene ring substituents is 1. The van der Waals surface area contributed by atoms with Gasteiger partial charge in [0, 0.05) is 28.0 Å². The Labute approximate surface area is 149 Å². The minimum atomic E-state index is -0.453. The lowest BCUT2D eigenvalue weighted by molar-refractivity contribution is -0.387. The van der Waals surface area contributed by atoms with Crippen molar-refractivity contribution < 1.29 is 9.72 Å². The zero-order valence-electron chi connectivity index (χ0n) is 11.8. The van der Waals surface area contributed by atoms with Gasteiger partial charge in [0.2, 0.25) is 0 Å². The minimum Gasteiger partial charge on any atom is -0.298 e. The quantitative estimate of drug-likeness (QED) is 0.443. The molecule has 1 aromatic rings. The third kappa shape index (κ3) is 4.11. The van der Waals surface area contributed by atoms with Gasteiger partial charge in [0.25, 0.3) is 5.69 Å². The molecule has 23 heavy (non-hydrogen) atoms. The van der Waals surface area contributed by atoms with E-state index in [-0.39, 0.29) is 5.69 Å². The van der Waals surface area contributed by atoms with Crippen LogP contribution in [0.1, 0.15) is 10.4 Å². The van der Waals surface area contributed by atoms with Crippen molar-refractivity contribution in [3.05, 3.63) is 27.8 Å². The van der Waals surface area contributed by atoms with Crippen LogP contribution in [0.3, 0.4) is 0 Å². The van der Waals surface area contributed by atoms with Crippen molar-refractivity contribution in [1.29, 1.82) is 0 Å². The standard InChI is InChI=1S/C13H11N3O3S4/c17-7-8-5-9(16(18)19)11(23-13-15-2-4-21-13)6-10(8)22-12-14-1-3-20-12/h5-7H,1-4H2. The number of aldehydes is 1. The maximum Gasteiger partial charge on any atom is 0.284 e. The lowest BCUT2D eigenvalue weighted by Gasteiger charge is -2.08. The first-order chi connectivity index (χ1) is 11.2. The largest absolute Gasteiger partial charge is 0.298 e. The zero-order chi connectivity index (χ0) is 16.2. The highest BCUT2D eigenvalue weighted by atomic mass is 32.2. The minimum absolute atomic E-state index is 0.0577. The predicted molar refractivity (Wildman–Crippen MR) is 99.7 cm³/mol. The van der Waals surface area contributed by atoms with Gasteiger partial charge in [0.1, 0.15) is 8.75 Å². The summed E-state index contributed by atoms with van der Waals surface area (Å²) in [5.41, 5.74) is 0.264. The Bertz CT molecular complexity index is 721. The van der Waals surface area contributed by atoms with Crippen LogP contribution in [0.15, 0.2) is 31.9 Å². The second kappa shape index (κ2) is 7.73. The van der Waals surface area contributed by atoms with E-state index < -0.39 is 4.92 Å². The van der Waals surface area contributed by atoms with Gasteiger partial charge in [-0.2, -0.15) is 0 Å². The lowest BCUT2D eigenvalue weighted by atomic mass is 10.2. The molecule has 3 rings (SSSR count). The summed E-state index contributed by atoms with van der Waals surface area (Å²) in [4.78, 5) is 32.1. The Morgan fingerprint density at radius 3 is 2.17 bits per heavy atom. The number of aliphatic imine (C=N–C) groups is 2. The highest BCUT2D eigenvalue weighted by Gasteiger charge is 2.23. The molecule has 2 aliphatic rings. The van der Waals surface area contributed by atoms with Crippen LogP contribution in [-0.2, 0) is 0 Å². The smallest absolute Gasteiger partial charge is 0.284 e. The number of hydrogen-bond acceptors (Lipinski definition) is 9. The van der Waals surface area contributed by atoms with E-state index in [1.54, 1.807) is 29.6 Å². The average Bonchev–Trinajstić information content (AvgIpc) is 3.21. The van der Waals surface area contributed by atoms with E-state index in [0.717, 1.165) is 33.3 Å². The van der Waals surface area contributed by atoms with E-state index in [0.29, 0.717) is 21.6 Å². The molecule has 0 N–H and O–H groups in total. The van der Waals surface area contributed by atoms with Gasteiger partial charge in [-0.3, -0.25) is 24.9 Å². The first-order valence-corrected chi connectivity index (χ1v) is 10.3. The van der Waals surface area contributed by atoms with Gasteiger partial charge in [-0.1, -0.05) is 47.0 Å². The summed E-state index contributed by atoms with van der Waals surface area (Å²) in [5.74, 6) is 1.83. The molecule has 0 radical (unpaired) electrons. The number of hydrogen-bond donors (Lipinski definition) is 0. The Balaban J connectivity index is 1.97. The molecular formula is C13H11N3O3S4. The Morgan fingerprint density at radius 1 is 1.09 bits per heavy atom. The van der Waals surface area contributed by atoms with Crippen LogP contribution in [0.2, 0.25) is 0 Å². The van der Waals surface area contributed by atoms with E-state index in [2.05, 4.69) is 9.98 Å². The first-order valence-electron chi connectivity index (χ1n) is 6.65. The second-order valence-corrected chi connectivity index (χ2v) is 9.17. The summed E-state index contributed by atoms with van der Waals surface area (Å²) < 4.78 is 1.72. The molecule has 0 saturated carbocycles. The Morgan fingerprint density at radius 2 is 1.70 bits per heavy atom. The fourth-order valence-electron chi connectivity index (χ4n) is 1.91. The zero-order valence-corrected chi connectivity index (χ0v) is 15.0. The monoisotopic (exact) mass is 385 g/mol. The molecule has 0 aromatic heterocycles. The Hall–Kier alpha value is -0.970. The summed E-state index contributed by atoms with van der Waals surface area (Å²) in [5, 5.41) is 11.3. The molecule has 0 unspecified atom stereocenters. The van der Waals surface area contributed by atoms with E-state index in [4.69, 9.17) is 0 Å². The Kier molecular flexibility index (Phi) is 5.67. The highest BCUT2D eigenvalue weighted by Crippen LogP contribution is 2.40. The third-order valence-corrected chi connectivity index (χ3v) is 7.39. The number of rotatable bonds is 4. The lowest BCUT2D eigenvalue weighted by Crippen LogP contribution is -1.97. The maximum absolute atomic E-state index is 11.3. The normalized spacial score (nSPS) is 17.0. The summed E-state index contributed by atoms with van der Waals surface area (Å²) >= 11 is 5.91. The van der Waals surface area contributed by atoms with Gasteiger partial charge in [0.05, 0.1) is 22.9 Å². The molecule has 0 saturated heterocycles. The fraction of sp³-hybridized carbons (Fsp3) is 0.308. The molecule has 0 fully saturated rings. The number of nitrogens with zero attached hydrogens (tertiary/aromatic N) is 3.